The van der Waals surface area contributed by atoms with Crippen LogP contribution in [0.25, 0.3) is 0 Å². The minimum absolute atomic E-state index is 0.206. The van der Waals surface area contributed by atoms with E-state index in [0.717, 1.165) is 11.1 Å². The van der Waals surface area contributed by atoms with Crippen LogP contribution in [0.4, 0.5) is 0 Å². The Morgan fingerprint density at radius 1 is 1.06 bits per heavy atom. The highest BCUT2D eigenvalue weighted by Crippen LogP contribution is 2.25. The third-order valence-corrected chi connectivity index (χ3v) is 5.05. The van der Waals surface area contributed by atoms with E-state index in [1.165, 1.54) is 6.21 Å². The second kappa shape index (κ2) is 11.7. The standard InChI is InChI=1S/C25H24ClN3O4/c1-17-7-9-18(10-8-17)25(31)27-15-24(30)29-28-14-19-11-12-21(32-2)13-23(19)33-16-20-5-3-4-6-22(20)26/h3-14H,15-16H2,1-2H3,(H,27,31)(H,29,30)/b28-14+. The Morgan fingerprint density at radius 2 is 1.82 bits per heavy atom. The summed E-state index contributed by atoms with van der Waals surface area (Å²) in [5, 5.41) is 7.14. The number of ether oxygens (including phenoxy) is 2. The Hall–Kier alpha value is -3.84. The number of hydrogen-bond donors (Lipinski definition) is 2. The average Bonchev–Trinajstić information content (AvgIpc) is 2.83. The number of nitrogens with one attached hydrogen (secondary N) is 2. The van der Waals surface area contributed by atoms with Crippen LogP contribution in [-0.4, -0.2) is 31.7 Å². The molecular formula is C25H24ClN3O4. The van der Waals surface area contributed by atoms with Crippen molar-refractivity contribution in [2.45, 2.75) is 13.5 Å². The second-order valence-corrected chi connectivity index (χ2v) is 7.53. The third-order valence-electron chi connectivity index (χ3n) is 4.68. The molecule has 170 valence electrons. The second-order valence-electron chi connectivity index (χ2n) is 7.13. The fourth-order valence-electron chi connectivity index (χ4n) is 2.83. The number of halogens is 1. The van der Waals surface area contributed by atoms with E-state index in [9.17, 15) is 9.59 Å². The minimum Gasteiger partial charge on any atom is -0.497 e. The summed E-state index contributed by atoms with van der Waals surface area (Å²) in [6.45, 7) is 1.98. The lowest BCUT2D eigenvalue weighted by atomic mass is 10.1. The molecule has 2 N–H and O–H groups in total. The fourth-order valence-corrected chi connectivity index (χ4v) is 3.02. The number of amides is 2. The van der Waals surface area contributed by atoms with E-state index in [0.29, 0.717) is 27.6 Å². The van der Waals surface area contributed by atoms with Gasteiger partial charge in [-0.3, -0.25) is 9.59 Å². The highest BCUT2D eigenvalue weighted by atomic mass is 35.5. The Kier molecular flexibility index (Phi) is 8.43. The quantitative estimate of drug-likeness (QED) is 0.367. The van der Waals surface area contributed by atoms with Gasteiger partial charge in [0.25, 0.3) is 11.8 Å². The average molecular weight is 466 g/mol. The molecule has 3 rings (SSSR count). The van der Waals surface area contributed by atoms with Gasteiger partial charge in [0.15, 0.2) is 0 Å². The Bertz CT molecular complexity index is 1150. The zero-order valence-corrected chi connectivity index (χ0v) is 19.1. The van der Waals surface area contributed by atoms with E-state index < -0.39 is 5.91 Å². The molecule has 0 aliphatic carbocycles. The van der Waals surface area contributed by atoms with Crippen molar-refractivity contribution in [2.75, 3.05) is 13.7 Å². The molecule has 0 aliphatic rings. The van der Waals surface area contributed by atoms with E-state index >= 15 is 0 Å². The van der Waals surface area contributed by atoms with Gasteiger partial charge in [0.2, 0.25) is 0 Å². The third kappa shape index (κ3) is 7.08. The molecule has 3 aromatic rings. The fraction of sp³-hybridized carbons (Fsp3) is 0.160. The lowest BCUT2D eigenvalue weighted by Crippen LogP contribution is -2.34. The molecule has 0 saturated heterocycles. The molecule has 0 radical (unpaired) electrons. The molecule has 7 nitrogen and oxygen atoms in total. The van der Waals surface area contributed by atoms with Crippen molar-refractivity contribution in [3.8, 4) is 11.5 Å². The SMILES string of the molecule is COc1ccc(/C=N/NC(=O)CNC(=O)c2ccc(C)cc2)c(OCc2ccccc2Cl)c1. The molecule has 0 bridgehead atoms. The van der Waals surface area contributed by atoms with Crippen molar-refractivity contribution in [1.29, 1.82) is 0 Å². The van der Waals surface area contributed by atoms with Crippen molar-refractivity contribution in [3.63, 3.8) is 0 Å². The lowest BCUT2D eigenvalue weighted by Gasteiger charge is -2.12. The predicted molar refractivity (Wildman–Crippen MR) is 128 cm³/mol. The minimum atomic E-state index is -0.459. The summed E-state index contributed by atoms with van der Waals surface area (Å²) in [5.41, 5.74) is 5.39. The van der Waals surface area contributed by atoms with Gasteiger partial charge in [0.1, 0.15) is 18.1 Å². The Morgan fingerprint density at radius 3 is 2.55 bits per heavy atom. The van der Waals surface area contributed by atoms with Crippen LogP contribution in [0.1, 0.15) is 27.0 Å². The molecule has 0 aliphatic heterocycles. The number of nitrogens with zero attached hydrogens (tertiary/aromatic N) is 1. The number of hydrazone groups is 1. The summed E-state index contributed by atoms with van der Waals surface area (Å²) >= 11 is 6.20. The lowest BCUT2D eigenvalue weighted by molar-refractivity contribution is -0.120. The molecule has 0 spiro atoms. The number of carbonyl (C=O) groups is 2. The molecule has 0 unspecified atom stereocenters. The van der Waals surface area contributed by atoms with E-state index in [-0.39, 0.29) is 19.1 Å². The number of carbonyl (C=O) groups excluding carboxylic acids is 2. The molecule has 8 heteroatoms. The molecule has 0 heterocycles. The highest BCUT2D eigenvalue weighted by molar-refractivity contribution is 6.31. The van der Waals surface area contributed by atoms with Crippen LogP contribution < -0.4 is 20.2 Å². The van der Waals surface area contributed by atoms with Gasteiger partial charge in [-0.25, -0.2) is 5.43 Å². The summed E-state index contributed by atoms with van der Waals surface area (Å²) in [6.07, 6.45) is 1.46. The number of hydrogen-bond acceptors (Lipinski definition) is 5. The van der Waals surface area contributed by atoms with Crippen molar-refractivity contribution < 1.29 is 19.1 Å². The summed E-state index contributed by atoms with van der Waals surface area (Å²) in [6, 6.07) is 19.7. The first kappa shape index (κ1) is 23.8. The van der Waals surface area contributed by atoms with E-state index in [2.05, 4.69) is 15.8 Å². The van der Waals surface area contributed by atoms with Gasteiger partial charge in [-0.1, -0.05) is 47.5 Å². The molecule has 2 amide bonds. The number of methoxy groups -OCH3 is 1. The van der Waals surface area contributed by atoms with Gasteiger partial charge >= 0.3 is 0 Å². The van der Waals surface area contributed by atoms with Gasteiger partial charge in [-0.05, 0) is 37.3 Å². The van der Waals surface area contributed by atoms with Crippen LogP contribution in [0, 0.1) is 6.92 Å². The maximum absolute atomic E-state index is 12.1. The summed E-state index contributed by atoms with van der Waals surface area (Å²) < 4.78 is 11.2. The van der Waals surface area contributed by atoms with Gasteiger partial charge in [-0.2, -0.15) is 5.10 Å². The molecule has 0 aromatic heterocycles. The smallest absolute Gasteiger partial charge is 0.259 e. The van der Waals surface area contributed by atoms with Crippen LogP contribution in [0.2, 0.25) is 5.02 Å². The van der Waals surface area contributed by atoms with Crippen molar-refractivity contribution in [3.05, 3.63) is 94.0 Å². The maximum atomic E-state index is 12.1. The number of aryl methyl sites for hydroxylation is 1. The van der Waals surface area contributed by atoms with Crippen molar-refractivity contribution in [2.24, 2.45) is 5.10 Å². The summed E-state index contributed by atoms with van der Waals surface area (Å²) in [7, 11) is 1.56. The van der Waals surface area contributed by atoms with E-state index in [4.69, 9.17) is 21.1 Å². The first-order valence-corrected chi connectivity index (χ1v) is 10.5. The van der Waals surface area contributed by atoms with Crippen LogP contribution in [0.15, 0.2) is 71.8 Å². The van der Waals surface area contributed by atoms with Crippen LogP contribution in [0.5, 0.6) is 11.5 Å². The van der Waals surface area contributed by atoms with Crippen LogP contribution in [0.3, 0.4) is 0 Å². The normalized spacial score (nSPS) is 10.6. The van der Waals surface area contributed by atoms with Gasteiger partial charge in [-0.15, -0.1) is 0 Å². The molecule has 0 saturated carbocycles. The van der Waals surface area contributed by atoms with Crippen molar-refractivity contribution >= 4 is 29.6 Å². The number of rotatable bonds is 9. The predicted octanol–water partition coefficient (Wildman–Crippen LogP) is 4.12. The molecule has 0 fully saturated rings. The molecule has 3 aromatic carbocycles. The maximum Gasteiger partial charge on any atom is 0.259 e. The Labute approximate surface area is 197 Å². The van der Waals surface area contributed by atoms with Crippen molar-refractivity contribution in [1.82, 2.24) is 10.7 Å². The zero-order valence-electron chi connectivity index (χ0n) is 18.3. The largest absolute Gasteiger partial charge is 0.497 e. The summed E-state index contributed by atoms with van der Waals surface area (Å²) in [4.78, 5) is 24.2. The highest BCUT2D eigenvalue weighted by Gasteiger charge is 2.09. The Balaban J connectivity index is 1.58. The van der Waals surface area contributed by atoms with E-state index in [1.807, 2.05) is 37.3 Å². The first-order valence-electron chi connectivity index (χ1n) is 10.2. The zero-order chi connectivity index (χ0) is 23.6. The van der Waals surface area contributed by atoms with Gasteiger partial charge in [0, 0.05) is 27.8 Å². The monoisotopic (exact) mass is 465 g/mol. The molecule has 0 atom stereocenters. The van der Waals surface area contributed by atoms with Crippen LogP contribution in [-0.2, 0) is 11.4 Å². The first-order chi connectivity index (χ1) is 16.0. The van der Waals surface area contributed by atoms with Gasteiger partial charge < -0.3 is 14.8 Å². The molecular weight excluding hydrogens is 442 g/mol. The summed E-state index contributed by atoms with van der Waals surface area (Å²) in [5.74, 6) is 0.336. The van der Waals surface area contributed by atoms with Gasteiger partial charge in [0.05, 0.1) is 19.9 Å². The topological polar surface area (TPSA) is 89.0 Å². The number of benzene rings is 3. The van der Waals surface area contributed by atoms with E-state index in [1.54, 1.807) is 43.5 Å². The van der Waals surface area contributed by atoms with Crippen LogP contribution >= 0.6 is 11.6 Å². The molecule has 33 heavy (non-hydrogen) atoms.